The molecule has 21 nitrogen and oxygen atoms in total. The van der Waals surface area contributed by atoms with Gasteiger partial charge in [0.05, 0.1) is 39.7 Å². The fraction of sp³-hybridized carbons (Fsp3) is 0.511. The molecule has 0 saturated carbocycles. The van der Waals surface area contributed by atoms with Gasteiger partial charge in [-0.2, -0.15) is 0 Å². The molecule has 7 N–H and O–H groups in total. The van der Waals surface area contributed by atoms with E-state index < -0.39 is 95.5 Å². The first-order valence-corrected chi connectivity index (χ1v) is 27.3. The SMILES string of the molecule is NCCCCCCCCCCCCOc1ccc(C(=O)Oc2ccc(CSPO[C@H]3[C@@H](F)[C@H](n4ccc(=O)[nH]c4=O)O[C@@H]3COP(=O)(O)O[C@H]3[C@@H](F)[C@H](n4cnc5c(N)ncnc54)O[C@@H]3CO)cc2)cc1. The summed E-state index contributed by atoms with van der Waals surface area (Å²) >= 11 is 1.25. The molecule has 2 aliphatic rings. The van der Waals surface area contributed by atoms with Gasteiger partial charge in [0.1, 0.15) is 47.8 Å². The Kier molecular flexibility index (Phi) is 20.0. The number of rotatable bonds is 28. The molecule has 5 heterocycles. The fourth-order valence-electron chi connectivity index (χ4n) is 7.98. The minimum Gasteiger partial charge on any atom is -0.494 e. The van der Waals surface area contributed by atoms with Crippen LogP contribution in [0.5, 0.6) is 11.5 Å². The molecule has 71 heavy (non-hydrogen) atoms. The fourth-order valence-corrected chi connectivity index (χ4v) is 11.0. The molecule has 26 heteroatoms. The molecule has 7 rings (SSSR count). The summed E-state index contributed by atoms with van der Waals surface area (Å²) in [7, 11) is -5.67. The van der Waals surface area contributed by atoms with Crippen molar-refractivity contribution >= 4 is 50.2 Å². The number of halogens is 2. The maximum Gasteiger partial charge on any atom is 0.472 e. The summed E-state index contributed by atoms with van der Waals surface area (Å²) < 4.78 is 86.6. The smallest absolute Gasteiger partial charge is 0.472 e. The average Bonchev–Trinajstić information content (AvgIpc) is 4.03. The number of phosphoric acid groups is 1. The van der Waals surface area contributed by atoms with Crippen molar-refractivity contribution in [2.75, 3.05) is 32.1 Å². The first kappa shape index (κ1) is 54.1. The van der Waals surface area contributed by atoms with Crippen LogP contribution in [-0.4, -0.2) is 108 Å². The zero-order valence-electron chi connectivity index (χ0n) is 38.5. The first-order valence-electron chi connectivity index (χ1n) is 23.2. The molecule has 386 valence electrons. The average molecular weight is 1050 g/mol. The molecule has 2 unspecified atom stereocenters. The van der Waals surface area contributed by atoms with E-state index in [4.69, 9.17) is 44.0 Å². The third kappa shape index (κ3) is 14.7. The molecule has 0 bridgehead atoms. The Hall–Kier alpha value is -4.71. The number of hydrogen-bond acceptors (Lipinski definition) is 18. The highest BCUT2D eigenvalue weighted by Gasteiger charge is 2.52. The number of aromatic nitrogens is 6. The van der Waals surface area contributed by atoms with Gasteiger partial charge in [-0.3, -0.25) is 28.0 Å². The third-order valence-corrected chi connectivity index (χ3v) is 14.8. The number of carbonyl (C=O) groups excluding carboxylic acids is 1. The maximum atomic E-state index is 16.2. The molecule has 2 fully saturated rings. The van der Waals surface area contributed by atoms with E-state index in [1.54, 1.807) is 48.5 Å². The van der Waals surface area contributed by atoms with Crippen molar-refractivity contribution in [3.8, 4) is 11.5 Å². The molecule has 2 aromatic carbocycles. The number of nitrogens with one attached hydrogen (secondary N) is 1. The van der Waals surface area contributed by atoms with Gasteiger partial charge in [-0.1, -0.05) is 63.5 Å². The summed E-state index contributed by atoms with van der Waals surface area (Å²) in [5, 5.41) is 9.99. The predicted molar refractivity (Wildman–Crippen MR) is 259 cm³/mol. The van der Waals surface area contributed by atoms with Crippen LogP contribution in [-0.2, 0) is 33.4 Å². The lowest BCUT2D eigenvalue weighted by Gasteiger charge is -2.23. The summed E-state index contributed by atoms with van der Waals surface area (Å²) in [6.07, 6.45) is 1.60. The van der Waals surface area contributed by atoms with Crippen LogP contribution in [0.3, 0.4) is 0 Å². The van der Waals surface area contributed by atoms with Crippen molar-refractivity contribution < 1.29 is 60.7 Å². The minimum atomic E-state index is -5.23. The number of esters is 1. The molecule has 0 radical (unpaired) electrons. The van der Waals surface area contributed by atoms with E-state index in [0.29, 0.717) is 29.4 Å². The summed E-state index contributed by atoms with van der Waals surface area (Å²) in [4.78, 5) is 62.0. The molecule has 10 atom stereocenters. The number of nitrogens with zero attached hydrogens (tertiary/aromatic N) is 5. The lowest BCUT2D eigenvalue weighted by Crippen LogP contribution is -2.36. The monoisotopic (exact) mass is 1050 g/mol. The third-order valence-electron chi connectivity index (χ3n) is 11.7. The van der Waals surface area contributed by atoms with E-state index >= 15 is 8.78 Å². The second-order valence-electron chi connectivity index (χ2n) is 16.8. The highest BCUT2D eigenvalue weighted by Crippen LogP contribution is 2.51. The van der Waals surface area contributed by atoms with Crippen LogP contribution in [0.25, 0.3) is 11.2 Å². The van der Waals surface area contributed by atoms with Gasteiger partial charge in [0, 0.05) is 18.0 Å². The Morgan fingerprint density at radius 2 is 1.49 bits per heavy atom. The van der Waals surface area contributed by atoms with E-state index in [1.807, 2.05) is 4.98 Å². The summed E-state index contributed by atoms with van der Waals surface area (Å²) in [6, 6.07) is 14.5. The molecule has 2 aliphatic heterocycles. The Morgan fingerprint density at radius 1 is 0.845 bits per heavy atom. The Morgan fingerprint density at radius 3 is 2.18 bits per heavy atom. The van der Waals surface area contributed by atoms with Crippen LogP contribution in [0.1, 0.15) is 92.6 Å². The zero-order valence-corrected chi connectivity index (χ0v) is 41.3. The number of nitrogens with two attached hydrogens (primary N) is 2. The number of nitrogen functional groups attached to an aromatic ring is 1. The van der Waals surface area contributed by atoms with Crippen molar-refractivity contribution in [3.63, 3.8) is 0 Å². The van der Waals surface area contributed by atoms with Gasteiger partial charge in [0.2, 0.25) is 0 Å². The molecule has 0 aliphatic carbocycles. The Bertz CT molecular complexity index is 2650. The largest absolute Gasteiger partial charge is 0.494 e. The molecular weight excluding hydrogens is 993 g/mol. The number of ether oxygens (including phenoxy) is 4. The van der Waals surface area contributed by atoms with Crippen LogP contribution in [0.4, 0.5) is 14.6 Å². The van der Waals surface area contributed by atoms with Crippen LogP contribution in [0.2, 0.25) is 0 Å². The molecule has 0 spiro atoms. The second kappa shape index (κ2) is 26.3. The number of fused-ring (bicyclic) bond motifs is 1. The number of aliphatic hydroxyl groups is 1. The van der Waals surface area contributed by atoms with Gasteiger partial charge in [0.25, 0.3) is 5.56 Å². The number of H-pyrrole nitrogens is 1. The molecule has 2 saturated heterocycles. The van der Waals surface area contributed by atoms with Crippen LogP contribution < -0.4 is 32.2 Å². The molecular formula is C45H58F2N8O13P2S. The number of imidazole rings is 1. The van der Waals surface area contributed by atoms with Gasteiger partial charge in [-0.05, 0) is 61.3 Å². The van der Waals surface area contributed by atoms with Crippen LogP contribution >= 0.6 is 27.2 Å². The number of unbranched alkanes of at least 4 members (excludes halogenated alkanes) is 9. The summed E-state index contributed by atoms with van der Waals surface area (Å²) in [5.41, 5.74) is 11.1. The highest BCUT2D eigenvalue weighted by molar-refractivity contribution is 8.47. The Labute approximate surface area is 412 Å². The number of alkyl halides is 2. The van der Waals surface area contributed by atoms with Gasteiger partial charge in [-0.15, -0.1) is 11.4 Å². The van der Waals surface area contributed by atoms with Gasteiger partial charge >= 0.3 is 19.5 Å². The minimum absolute atomic E-state index is 0.0131. The number of aliphatic hydroxyl groups excluding tert-OH is 1. The number of anilines is 1. The standard InChI is InChI=1S/C45H58F2N8O13P2S/c46-35-38(67-69-71-25-28-11-15-31(16-12-28)64-44(58)29-13-17-30(18-14-29)62-22-10-8-6-4-2-1-3-5-7-9-20-48)33(66-42(35)54-21-19-34(57)53-45(54)59)24-63-70(60,61)68-39-32(23-56)65-43(36(39)47)55-27-52-37-40(49)50-26-51-41(37)55/h11-19,21,26-27,32-33,35-36,38-39,42-43,56,69H,1-10,20,22-25,48H2,(H,60,61)(H2,49,50,51)(H,53,57,59)/t32-,33-,35-,36-,38-,39-,42-,43-/m1/s1. The lowest BCUT2D eigenvalue weighted by molar-refractivity contribution is -0.0560. The van der Waals surface area contributed by atoms with E-state index in [2.05, 4.69) is 15.0 Å². The molecule has 3 aromatic heterocycles. The number of aromatic amines is 1. The quantitative estimate of drug-likeness (QED) is 0.0161. The molecule has 5 aromatic rings. The predicted octanol–water partition coefficient (Wildman–Crippen LogP) is 6.21. The van der Waals surface area contributed by atoms with E-state index in [-0.39, 0.29) is 17.0 Å². The van der Waals surface area contributed by atoms with E-state index in [0.717, 1.165) is 54.5 Å². The summed E-state index contributed by atoms with van der Waals surface area (Å²) in [5.74, 6) is 0.830. The number of phosphoric ester groups is 1. The lowest BCUT2D eigenvalue weighted by atomic mass is 10.1. The van der Waals surface area contributed by atoms with Crippen molar-refractivity contribution in [3.05, 3.63) is 105 Å². The van der Waals surface area contributed by atoms with Crippen molar-refractivity contribution in [1.82, 2.24) is 29.1 Å². The number of carbonyl (C=O) groups is 1. The second-order valence-corrected chi connectivity index (χ2v) is 20.6. The van der Waals surface area contributed by atoms with Crippen LogP contribution in [0.15, 0.2) is 83.0 Å². The molecule has 0 amide bonds. The van der Waals surface area contributed by atoms with Gasteiger partial charge in [-0.25, -0.2) is 37.9 Å². The zero-order chi connectivity index (χ0) is 50.3. The van der Waals surface area contributed by atoms with Crippen molar-refractivity contribution in [2.45, 2.75) is 119 Å². The number of hydrogen-bond donors (Lipinski definition) is 5. The van der Waals surface area contributed by atoms with Crippen molar-refractivity contribution in [2.24, 2.45) is 5.73 Å². The van der Waals surface area contributed by atoms with Gasteiger partial charge in [0.15, 0.2) is 36.3 Å². The topological polar surface area (TPSA) is 290 Å². The van der Waals surface area contributed by atoms with E-state index in [9.17, 15) is 28.9 Å². The highest BCUT2D eigenvalue weighted by atomic mass is 32.7. The maximum absolute atomic E-state index is 16.2. The van der Waals surface area contributed by atoms with Crippen LogP contribution in [0, 0.1) is 0 Å². The normalized spacial score (nSPS) is 23.2. The first-order chi connectivity index (χ1) is 34.3. The Balaban J connectivity index is 0.870. The van der Waals surface area contributed by atoms with E-state index in [1.165, 1.54) is 67.2 Å². The number of benzene rings is 2. The summed E-state index contributed by atoms with van der Waals surface area (Å²) in [6.45, 7) is -0.299. The van der Waals surface area contributed by atoms with Crippen molar-refractivity contribution in [1.29, 1.82) is 0 Å². The van der Waals surface area contributed by atoms with Gasteiger partial charge < -0.3 is 44.9 Å².